The summed E-state index contributed by atoms with van der Waals surface area (Å²) < 4.78 is 2.27. The molecule has 5 nitrogen and oxygen atoms in total. The molecule has 1 N–H and O–H groups in total. The van der Waals surface area contributed by atoms with Crippen molar-refractivity contribution in [3.05, 3.63) is 29.4 Å². The van der Waals surface area contributed by atoms with Gasteiger partial charge in [0.15, 0.2) is 0 Å². The summed E-state index contributed by atoms with van der Waals surface area (Å²) in [6.45, 7) is 0. The molecule has 4 rings (SSSR count). The number of hydrogen-bond donors (Lipinski definition) is 1. The molecule has 0 aliphatic heterocycles. The number of pyridine rings is 2. The number of rotatable bonds is 3. The molecule has 22 heavy (non-hydrogen) atoms. The Morgan fingerprint density at radius 3 is 2.86 bits per heavy atom. The van der Waals surface area contributed by atoms with Gasteiger partial charge in [0.2, 0.25) is 0 Å². The standard InChI is InChI=1S/C8H5N2O.C7H9N2S.Sn/c11-6-4-8-7(10-5-6)2-1-3-9-8;1-2-4-6(3-1)7-9-8-5-10-7;/h1-2,4-5,11H;6H,1-4H2;. The molecule has 1 fully saturated rings. The number of aromatic nitrogens is 4. The van der Waals surface area contributed by atoms with Crippen LogP contribution in [0.5, 0.6) is 5.75 Å². The molecule has 0 amide bonds. The van der Waals surface area contributed by atoms with Gasteiger partial charge in [-0.2, -0.15) is 0 Å². The van der Waals surface area contributed by atoms with E-state index in [0.717, 1.165) is 14.7 Å². The SMILES string of the molecule is Oc1cnc2cc[c]([Sn][c]3nnc(C4CCCC4)s3)nc2c1. The molecule has 3 heterocycles. The fourth-order valence-corrected chi connectivity index (χ4v) is 7.54. The molecule has 0 saturated heterocycles. The molecule has 0 bridgehead atoms. The van der Waals surface area contributed by atoms with Crippen molar-refractivity contribution in [2.45, 2.75) is 31.6 Å². The molecule has 1 aliphatic carbocycles. The molecule has 3 aromatic heterocycles. The van der Waals surface area contributed by atoms with Crippen molar-refractivity contribution >= 4 is 50.2 Å². The second-order valence-electron chi connectivity index (χ2n) is 5.48. The van der Waals surface area contributed by atoms with Gasteiger partial charge in [0, 0.05) is 0 Å². The second-order valence-corrected chi connectivity index (χ2v) is 11.1. The van der Waals surface area contributed by atoms with Crippen molar-refractivity contribution in [3.8, 4) is 5.75 Å². The van der Waals surface area contributed by atoms with Gasteiger partial charge in [-0.1, -0.05) is 0 Å². The zero-order chi connectivity index (χ0) is 14.9. The predicted octanol–water partition coefficient (Wildman–Crippen LogP) is 1.50. The van der Waals surface area contributed by atoms with Crippen molar-refractivity contribution in [1.82, 2.24) is 20.2 Å². The van der Waals surface area contributed by atoms with Crippen LogP contribution in [0, 0.1) is 0 Å². The average Bonchev–Trinajstić information content (AvgIpc) is 3.17. The fourth-order valence-electron chi connectivity index (χ4n) is 2.80. The van der Waals surface area contributed by atoms with E-state index < -0.39 is 21.1 Å². The Kier molecular flexibility index (Phi) is 3.96. The van der Waals surface area contributed by atoms with Crippen LogP contribution in [0.15, 0.2) is 24.4 Å². The van der Waals surface area contributed by atoms with Crippen LogP contribution < -0.4 is 6.73 Å². The first-order valence-corrected chi connectivity index (χ1v) is 11.0. The topological polar surface area (TPSA) is 71.8 Å². The summed E-state index contributed by atoms with van der Waals surface area (Å²) in [5.74, 6) is 0.790. The molecule has 3 aromatic rings. The average molecular weight is 417 g/mol. The molecule has 2 radical (unpaired) electrons. The number of nitrogens with zero attached hydrogens (tertiary/aromatic N) is 4. The molecule has 1 aliphatic rings. The fraction of sp³-hybridized carbons (Fsp3) is 0.333. The molecule has 0 atom stereocenters. The van der Waals surface area contributed by atoms with Crippen LogP contribution >= 0.6 is 11.3 Å². The van der Waals surface area contributed by atoms with Crippen LogP contribution in [-0.4, -0.2) is 46.4 Å². The van der Waals surface area contributed by atoms with Gasteiger partial charge in [0.1, 0.15) is 0 Å². The van der Waals surface area contributed by atoms with Crippen molar-refractivity contribution in [1.29, 1.82) is 0 Å². The summed E-state index contributed by atoms with van der Waals surface area (Å²) in [5, 5.41) is 19.5. The zero-order valence-electron chi connectivity index (χ0n) is 11.9. The van der Waals surface area contributed by atoms with Gasteiger partial charge in [-0.3, -0.25) is 0 Å². The van der Waals surface area contributed by atoms with Gasteiger partial charge in [-0.25, -0.2) is 0 Å². The van der Waals surface area contributed by atoms with Crippen LogP contribution in [0.2, 0.25) is 0 Å². The Hall–Kier alpha value is -1.28. The first-order valence-electron chi connectivity index (χ1n) is 7.34. The monoisotopic (exact) mass is 418 g/mol. The zero-order valence-corrected chi connectivity index (χ0v) is 15.5. The molecule has 110 valence electrons. The van der Waals surface area contributed by atoms with Crippen molar-refractivity contribution in [2.75, 3.05) is 0 Å². The number of fused-ring (bicyclic) bond motifs is 1. The third kappa shape index (κ3) is 2.94. The normalized spacial score (nSPS) is 15.6. The predicted molar refractivity (Wildman–Crippen MR) is 87.3 cm³/mol. The number of hydrogen-bond acceptors (Lipinski definition) is 6. The first kappa shape index (κ1) is 14.3. The third-order valence-electron chi connectivity index (χ3n) is 3.90. The van der Waals surface area contributed by atoms with Crippen LogP contribution in [0.4, 0.5) is 0 Å². The van der Waals surface area contributed by atoms with Crippen LogP contribution in [0.1, 0.15) is 36.6 Å². The van der Waals surface area contributed by atoms with Crippen molar-refractivity contribution in [2.24, 2.45) is 0 Å². The van der Waals surface area contributed by atoms with Gasteiger partial charge in [-0.05, 0) is 0 Å². The molecule has 0 spiro atoms. The molecule has 0 aromatic carbocycles. The maximum atomic E-state index is 9.53. The van der Waals surface area contributed by atoms with E-state index in [1.165, 1.54) is 39.9 Å². The molecule has 1 saturated carbocycles. The quantitative estimate of drug-likeness (QED) is 0.655. The van der Waals surface area contributed by atoms with Gasteiger partial charge in [0.05, 0.1) is 0 Å². The molecule has 0 unspecified atom stereocenters. The molecular formula is C15H14N4OSSn. The van der Waals surface area contributed by atoms with E-state index >= 15 is 0 Å². The second kappa shape index (κ2) is 6.08. The van der Waals surface area contributed by atoms with Gasteiger partial charge in [-0.15, -0.1) is 0 Å². The summed E-state index contributed by atoms with van der Waals surface area (Å²) >= 11 is 0.754. The summed E-state index contributed by atoms with van der Waals surface area (Å²) in [7, 11) is 0. The number of aromatic hydroxyl groups is 1. The van der Waals surface area contributed by atoms with Crippen LogP contribution in [0.3, 0.4) is 0 Å². The Balaban J connectivity index is 1.57. The van der Waals surface area contributed by atoms with Crippen molar-refractivity contribution < 1.29 is 5.11 Å². The summed E-state index contributed by atoms with van der Waals surface area (Å²) in [6, 6.07) is 5.67. The Bertz CT molecular complexity index is 816. The van der Waals surface area contributed by atoms with E-state index in [1.807, 2.05) is 12.1 Å². The van der Waals surface area contributed by atoms with E-state index in [-0.39, 0.29) is 5.75 Å². The van der Waals surface area contributed by atoms with Gasteiger partial charge in [0.25, 0.3) is 0 Å². The summed E-state index contributed by atoms with van der Waals surface area (Å²) in [5.41, 5.74) is 1.56. The van der Waals surface area contributed by atoms with Gasteiger partial charge < -0.3 is 0 Å². The van der Waals surface area contributed by atoms with E-state index in [9.17, 15) is 5.11 Å². The minimum atomic E-state index is -1.03. The van der Waals surface area contributed by atoms with Crippen LogP contribution in [0.25, 0.3) is 11.0 Å². The minimum absolute atomic E-state index is 0.155. The van der Waals surface area contributed by atoms with E-state index in [0.29, 0.717) is 5.92 Å². The first-order chi connectivity index (χ1) is 10.8. The third-order valence-corrected chi connectivity index (χ3v) is 8.78. The molecule has 7 heteroatoms. The Labute approximate surface area is 142 Å². The van der Waals surface area contributed by atoms with Crippen molar-refractivity contribution in [3.63, 3.8) is 0 Å². The maximum absolute atomic E-state index is 9.53. The van der Waals surface area contributed by atoms with E-state index in [1.54, 1.807) is 17.4 Å². The molecular weight excluding hydrogens is 403 g/mol. The summed E-state index contributed by atoms with van der Waals surface area (Å²) in [6.07, 6.45) is 6.62. The Morgan fingerprint density at radius 1 is 1.14 bits per heavy atom. The summed E-state index contributed by atoms with van der Waals surface area (Å²) in [4.78, 5) is 8.80. The van der Waals surface area contributed by atoms with Gasteiger partial charge >= 0.3 is 142 Å². The van der Waals surface area contributed by atoms with E-state index in [4.69, 9.17) is 0 Å². The van der Waals surface area contributed by atoms with E-state index in [2.05, 4.69) is 20.2 Å². The van der Waals surface area contributed by atoms with Crippen LogP contribution in [-0.2, 0) is 0 Å². The Morgan fingerprint density at radius 2 is 2.00 bits per heavy atom.